The molecule has 0 radical (unpaired) electrons. The van der Waals surface area contributed by atoms with E-state index in [2.05, 4.69) is 16.0 Å². The Hall–Kier alpha value is -3.39. The molecule has 0 saturated carbocycles. The zero-order chi connectivity index (χ0) is 22.1. The van der Waals surface area contributed by atoms with E-state index in [-0.39, 0.29) is 30.4 Å². The van der Waals surface area contributed by atoms with Gasteiger partial charge >= 0.3 is 0 Å². The first kappa shape index (κ1) is 22.3. The minimum absolute atomic E-state index is 0.108. The molecule has 1 aliphatic rings. The van der Waals surface area contributed by atoms with Crippen molar-refractivity contribution in [2.24, 2.45) is 0 Å². The molecule has 2 aromatic carbocycles. The molecule has 31 heavy (non-hydrogen) atoms. The molecule has 0 spiro atoms. The van der Waals surface area contributed by atoms with Crippen LogP contribution in [-0.4, -0.2) is 50.1 Å². The number of hydrogen-bond acceptors (Lipinski definition) is 5. The second-order valence-electron chi connectivity index (χ2n) is 7.28. The SMILES string of the molecule is Cc1cccc(OCC(=O)Nc2ccc(C(=O)NCCNC(=O)C3CCCO3)cc2)c1. The maximum absolute atomic E-state index is 12.2. The number of carbonyl (C=O) groups is 3. The summed E-state index contributed by atoms with van der Waals surface area (Å²) in [6.07, 6.45) is 1.25. The molecule has 0 bridgehead atoms. The van der Waals surface area contributed by atoms with Gasteiger partial charge in [-0.2, -0.15) is 0 Å². The maximum Gasteiger partial charge on any atom is 0.262 e. The van der Waals surface area contributed by atoms with Gasteiger partial charge in [-0.1, -0.05) is 12.1 Å². The van der Waals surface area contributed by atoms with Crippen LogP contribution in [0.3, 0.4) is 0 Å². The van der Waals surface area contributed by atoms with Gasteiger partial charge in [-0.05, 0) is 61.7 Å². The average molecular weight is 425 g/mol. The van der Waals surface area contributed by atoms with E-state index in [1.54, 1.807) is 30.3 Å². The monoisotopic (exact) mass is 425 g/mol. The fraction of sp³-hybridized carbons (Fsp3) is 0.348. The van der Waals surface area contributed by atoms with Crippen molar-refractivity contribution in [2.75, 3.05) is 31.6 Å². The van der Waals surface area contributed by atoms with E-state index in [1.807, 2.05) is 25.1 Å². The van der Waals surface area contributed by atoms with Gasteiger partial charge in [0.05, 0.1) is 0 Å². The van der Waals surface area contributed by atoms with E-state index >= 15 is 0 Å². The molecule has 0 aliphatic carbocycles. The fourth-order valence-electron chi connectivity index (χ4n) is 3.12. The van der Waals surface area contributed by atoms with E-state index < -0.39 is 0 Å². The number of aryl methyl sites for hydroxylation is 1. The Morgan fingerprint density at radius 1 is 1.06 bits per heavy atom. The van der Waals surface area contributed by atoms with E-state index in [9.17, 15) is 14.4 Å². The molecule has 1 fully saturated rings. The van der Waals surface area contributed by atoms with Crippen LogP contribution in [0.2, 0.25) is 0 Å². The molecule has 3 N–H and O–H groups in total. The summed E-state index contributed by atoms with van der Waals surface area (Å²) in [6, 6.07) is 14.0. The number of benzene rings is 2. The first-order valence-corrected chi connectivity index (χ1v) is 10.3. The predicted octanol–water partition coefficient (Wildman–Crippen LogP) is 2.04. The zero-order valence-electron chi connectivity index (χ0n) is 17.5. The van der Waals surface area contributed by atoms with Gasteiger partial charge in [0, 0.05) is 30.9 Å². The number of anilines is 1. The molecule has 1 atom stereocenters. The Morgan fingerprint density at radius 3 is 2.55 bits per heavy atom. The lowest BCUT2D eigenvalue weighted by Crippen LogP contribution is -2.39. The lowest BCUT2D eigenvalue weighted by atomic mass is 10.2. The third-order valence-corrected chi connectivity index (χ3v) is 4.72. The molecule has 164 valence electrons. The first-order valence-electron chi connectivity index (χ1n) is 10.3. The highest BCUT2D eigenvalue weighted by atomic mass is 16.5. The van der Waals surface area contributed by atoms with Gasteiger partial charge in [-0.15, -0.1) is 0 Å². The van der Waals surface area contributed by atoms with Crippen LogP contribution in [0, 0.1) is 6.92 Å². The van der Waals surface area contributed by atoms with Crippen molar-refractivity contribution in [3.8, 4) is 5.75 Å². The number of hydrogen-bond donors (Lipinski definition) is 3. The van der Waals surface area contributed by atoms with Crippen LogP contribution in [0.1, 0.15) is 28.8 Å². The van der Waals surface area contributed by atoms with E-state index in [4.69, 9.17) is 9.47 Å². The van der Waals surface area contributed by atoms with Crippen LogP contribution in [0.25, 0.3) is 0 Å². The molecule has 1 aliphatic heterocycles. The van der Waals surface area contributed by atoms with Crippen molar-refractivity contribution in [1.29, 1.82) is 0 Å². The summed E-state index contributed by atoms with van der Waals surface area (Å²) in [7, 11) is 0. The van der Waals surface area contributed by atoms with Crippen molar-refractivity contribution < 1.29 is 23.9 Å². The molecule has 1 saturated heterocycles. The second-order valence-corrected chi connectivity index (χ2v) is 7.28. The van der Waals surface area contributed by atoms with Gasteiger partial charge < -0.3 is 25.4 Å². The molecule has 3 rings (SSSR count). The van der Waals surface area contributed by atoms with E-state index in [1.165, 1.54) is 0 Å². The summed E-state index contributed by atoms with van der Waals surface area (Å²) in [5.41, 5.74) is 2.08. The summed E-state index contributed by atoms with van der Waals surface area (Å²) in [6.45, 7) is 3.10. The van der Waals surface area contributed by atoms with Gasteiger partial charge in [-0.3, -0.25) is 14.4 Å². The standard InChI is InChI=1S/C23H27N3O5/c1-16-4-2-5-19(14-16)31-15-21(27)26-18-9-7-17(8-10-18)22(28)24-11-12-25-23(29)20-6-3-13-30-20/h2,4-5,7-10,14,20H,3,6,11-13,15H2,1H3,(H,24,28)(H,25,29)(H,26,27). The minimum Gasteiger partial charge on any atom is -0.484 e. The fourth-order valence-corrected chi connectivity index (χ4v) is 3.12. The summed E-state index contributed by atoms with van der Waals surface area (Å²) < 4.78 is 10.8. The van der Waals surface area contributed by atoms with Crippen LogP contribution in [0.15, 0.2) is 48.5 Å². The summed E-state index contributed by atoms with van der Waals surface area (Å²) in [4.78, 5) is 36.1. The van der Waals surface area contributed by atoms with Gasteiger partial charge in [0.2, 0.25) is 5.91 Å². The second kappa shape index (κ2) is 11.1. The van der Waals surface area contributed by atoms with Gasteiger partial charge in [0.25, 0.3) is 11.8 Å². The van der Waals surface area contributed by atoms with Crippen molar-refractivity contribution in [3.05, 3.63) is 59.7 Å². The Kier molecular flexibility index (Phi) is 8.00. The Labute approximate surface area is 181 Å². The number of carbonyl (C=O) groups excluding carboxylic acids is 3. The molecule has 8 heteroatoms. The number of nitrogens with one attached hydrogen (secondary N) is 3. The van der Waals surface area contributed by atoms with Crippen LogP contribution in [-0.2, 0) is 14.3 Å². The zero-order valence-corrected chi connectivity index (χ0v) is 17.5. The van der Waals surface area contributed by atoms with Crippen molar-refractivity contribution >= 4 is 23.4 Å². The smallest absolute Gasteiger partial charge is 0.262 e. The summed E-state index contributed by atoms with van der Waals surface area (Å²) in [5.74, 6) is -0.0555. The topological polar surface area (TPSA) is 106 Å². The van der Waals surface area contributed by atoms with Crippen molar-refractivity contribution in [1.82, 2.24) is 10.6 Å². The number of ether oxygens (including phenoxy) is 2. The van der Waals surface area contributed by atoms with Gasteiger partial charge in [-0.25, -0.2) is 0 Å². The largest absolute Gasteiger partial charge is 0.484 e. The molecule has 1 unspecified atom stereocenters. The van der Waals surface area contributed by atoms with Crippen molar-refractivity contribution in [2.45, 2.75) is 25.9 Å². The Morgan fingerprint density at radius 2 is 1.84 bits per heavy atom. The third kappa shape index (κ3) is 7.11. The molecule has 0 aromatic heterocycles. The number of rotatable bonds is 9. The van der Waals surface area contributed by atoms with Crippen molar-refractivity contribution in [3.63, 3.8) is 0 Å². The minimum atomic E-state index is -0.374. The Bertz CT molecular complexity index is 908. The summed E-state index contributed by atoms with van der Waals surface area (Å²) in [5, 5.41) is 8.23. The molecule has 8 nitrogen and oxygen atoms in total. The average Bonchev–Trinajstić information content (AvgIpc) is 3.31. The lowest BCUT2D eigenvalue weighted by molar-refractivity contribution is -0.130. The summed E-state index contributed by atoms with van der Waals surface area (Å²) >= 11 is 0. The van der Waals surface area contributed by atoms with Crippen LogP contribution in [0.5, 0.6) is 5.75 Å². The highest BCUT2D eigenvalue weighted by Crippen LogP contribution is 2.13. The first-order chi connectivity index (χ1) is 15.0. The quantitative estimate of drug-likeness (QED) is 0.533. The van der Waals surface area contributed by atoms with E-state index in [0.29, 0.717) is 36.7 Å². The normalized spacial score (nSPS) is 15.2. The molecular formula is C23H27N3O5. The number of amides is 3. The van der Waals surface area contributed by atoms with Crippen LogP contribution >= 0.6 is 0 Å². The Balaban J connectivity index is 1.37. The molecular weight excluding hydrogens is 398 g/mol. The van der Waals surface area contributed by atoms with Crippen LogP contribution in [0.4, 0.5) is 5.69 Å². The predicted molar refractivity (Wildman–Crippen MR) is 116 cm³/mol. The van der Waals surface area contributed by atoms with E-state index in [0.717, 1.165) is 18.4 Å². The highest BCUT2D eigenvalue weighted by Gasteiger charge is 2.22. The van der Waals surface area contributed by atoms with Gasteiger partial charge in [0.15, 0.2) is 6.61 Å². The molecule has 1 heterocycles. The third-order valence-electron chi connectivity index (χ3n) is 4.72. The highest BCUT2D eigenvalue weighted by molar-refractivity contribution is 5.96. The maximum atomic E-state index is 12.2. The van der Waals surface area contributed by atoms with Crippen LogP contribution < -0.4 is 20.7 Å². The molecule has 3 amide bonds. The molecule has 2 aromatic rings. The lowest BCUT2D eigenvalue weighted by Gasteiger charge is -2.11. The van der Waals surface area contributed by atoms with Gasteiger partial charge in [0.1, 0.15) is 11.9 Å².